The number of phenols is 1. The molecule has 1 aliphatic heterocycles. The van der Waals surface area contributed by atoms with Gasteiger partial charge >= 0.3 is 0 Å². The standard InChI is InChI=1S/C20H23N3O2.C8H10/c1-13(6-14(2)22-3)16-8-20(9-16)11-23(12-20)19(25)18-7-17(24)5-4-15(18)10-21;1-7-5-3-4-6-8(7)2/h4-7,16,24H,8-9,11-12H2,1-3H3;3-6H,1-2H3/b13-6+,22-14?;. The Hall–Kier alpha value is -3.39. The van der Waals surface area contributed by atoms with E-state index in [-0.39, 0.29) is 17.1 Å². The molecule has 1 saturated carbocycles. The Morgan fingerprint density at radius 3 is 2.27 bits per heavy atom. The molecule has 2 fully saturated rings. The van der Waals surface area contributed by atoms with Crippen molar-refractivity contribution in [3.05, 3.63) is 76.4 Å². The van der Waals surface area contributed by atoms with Crippen LogP contribution in [-0.4, -0.2) is 41.8 Å². The molecule has 2 aromatic carbocycles. The predicted molar refractivity (Wildman–Crippen MR) is 133 cm³/mol. The lowest BCUT2D eigenvalue weighted by atomic mass is 9.56. The van der Waals surface area contributed by atoms with Crippen molar-refractivity contribution in [3.63, 3.8) is 0 Å². The summed E-state index contributed by atoms with van der Waals surface area (Å²) in [4.78, 5) is 18.6. The van der Waals surface area contributed by atoms with Crippen LogP contribution in [0.5, 0.6) is 5.75 Å². The lowest BCUT2D eigenvalue weighted by Gasteiger charge is -2.59. The van der Waals surface area contributed by atoms with Gasteiger partial charge in [-0.05, 0) is 81.9 Å². The van der Waals surface area contributed by atoms with E-state index in [4.69, 9.17) is 5.26 Å². The minimum atomic E-state index is -0.164. The van der Waals surface area contributed by atoms with Crippen molar-refractivity contribution in [2.45, 2.75) is 40.5 Å². The SMILES string of the molecule is CN=C(C)/C=C(\C)C1CC2(C1)CN(C(=O)c1cc(O)ccc1C#N)C2.Cc1ccccc1C. The molecule has 33 heavy (non-hydrogen) atoms. The van der Waals surface area contributed by atoms with Crippen LogP contribution in [0, 0.1) is 36.5 Å². The van der Waals surface area contributed by atoms with Gasteiger partial charge in [-0.15, -0.1) is 0 Å². The Balaban J connectivity index is 0.000000323. The smallest absolute Gasteiger partial charge is 0.255 e. The van der Waals surface area contributed by atoms with Gasteiger partial charge in [0.2, 0.25) is 0 Å². The summed E-state index contributed by atoms with van der Waals surface area (Å²) in [7, 11) is 1.80. The first-order chi connectivity index (χ1) is 15.7. The summed E-state index contributed by atoms with van der Waals surface area (Å²) in [5, 5.41) is 18.8. The molecule has 2 aliphatic rings. The predicted octanol–water partition coefficient (Wildman–Crippen LogP) is 5.46. The number of phenolic OH excluding ortho intramolecular Hbond substituents is 1. The summed E-state index contributed by atoms with van der Waals surface area (Å²) < 4.78 is 0. The summed E-state index contributed by atoms with van der Waals surface area (Å²) in [5.41, 5.74) is 5.97. The zero-order valence-corrected chi connectivity index (χ0v) is 20.2. The number of nitrogens with zero attached hydrogens (tertiary/aromatic N) is 3. The minimum Gasteiger partial charge on any atom is -0.508 e. The molecule has 5 nitrogen and oxygen atoms in total. The molecule has 1 aliphatic carbocycles. The number of aromatic hydroxyl groups is 1. The summed E-state index contributed by atoms with van der Waals surface area (Å²) in [6.45, 7) is 9.86. The van der Waals surface area contributed by atoms with Gasteiger partial charge in [0.05, 0.1) is 17.2 Å². The molecule has 172 valence electrons. The van der Waals surface area contributed by atoms with Crippen molar-refractivity contribution < 1.29 is 9.90 Å². The number of allylic oxidation sites excluding steroid dienone is 2. The monoisotopic (exact) mass is 443 g/mol. The van der Waals surface area contributed by atoms with Crippen molar-refractivity contribution in [2.75, 3.05) is 20.1 Å². The van der Waals surface area contributed by atoms with Crippen LogP contribution in [0.3, 0.4) is 0 Å². The van der Waals surface area contributed by atoms with E-state index >= 15 is 0 Å². The van der Waals surface area contributed by atoms with E-state index in [0.717, 1.165) is 31.6 Å². The fourth-order valence-corrected chi connectivity index (χ4v) is 4.62. The number of aliphatic imine (C=N–C) groups is 1. The van der Waals surface area contributed by atoms with E-state index in [9.17, 15) is 9.90 Å². The molecule has 4 rings (SSSR count). The molecule has 1 saturated heterocycles. The van der Waals surface area contributed by atoms with Gasteiger partial charge in [0.1, 0.15) is 5.75 Å². The number of rotatable bonds is 3. The Morgan fingerprint density at radius 1 is 1.15 bits per heavy atom. The van der Waals surface area contributed by atoms with E-state index in [0.29, 0.717) is 17.0 Å². The average Bonchev–Trinajstić information content (AvgIpc) is 2.74. The van der Waals surface area contributed by atoms with Crippen LogP contribution in [0.2, 0.25) is 0 Å². The van der Waals surface area contributed by atoms with Gasteiger partial charge in [0.25, 0.3) is 5.91 Å². The second kappa shape index (κ2) is 10.0. The zero-order chi connectivity index (χ0) is 24.2. The van der Waals surface area contributed by atoms with Crippen LogP contribution >= 0.6 is 0 Å². The first kappa shape index (κ1) is 24.3. The number of nitriles is 1. The number of likely N-dealkylation sites (tertiary alicyclic amines) is 1. The molecule has 0 bridgehead atoms. The highest BCUT2D eigenvalue weighted by Gasteiger charge is 2.53. The number of benzene rings is 2. The van der Waals surface area contributed by atoms with E-state index in [1.54, 1.807) is 11.9 Å². The fourth-order valence-electron chi connectivity index (χ4n) is 4.62. The lowest BCUT2D eigenvalue weighted by Crippen LogP contribution is -2.63. The van der Waals surface area contributed by atoms with Crippen molar-refractivity contribution in [1.82, 2.24) is 4.90 Å². The van der Waals surface area contributed by atoms with E-state index in [2.05, 4.69) is 56.1 Å². The number of aryl methyl sites for hydroxylation is 2. The van der Waals surface area contributed by atoms with E-state index in [1.807, 2.05) is 13.0 Å². The van der Waals surface area contributed by atoms with Crippen LogP contribution < -0.4 is 0 Å². The van der Waals surface area contributed by atoms with Crippen LogP contribution in [0.25, 0.3) is 0 Å². The number of carbonyl (C=O) groups excluding carboxylic acids is 1. The van der Waals surface area contributed by atoms with Crippen molar-refractivity contribution in [3.8, 4) is 11.8 Å². The molecule has 0 atom stereocenters. The van der Waals surface area contributed by atoms with Crippen LogP contribution in [-0.2, 0) is 0 Å². The minimum absolute atomic E-state index is 0.00927. The molecule has 1 spiro atoms. The van der Waals surface area contributed by atoms with Gasteiger partial charge in [-0.25, -0.2) is 0 Å². The Bertz CT molecular complexity index is 1110. The molecular formula is C28H33N3O2. The van der Waals surface area contributed by atoms with Crippen molar-refractivity contribution >= 4 is 11.6 Å². The topological polar surface area (TPSA) is 76.7 Å². The molecule has 0 unspecified atom stereocenters. The van der Waals surface area contributed by atoms with Crippen molar-refractivity contribution in [1.29, 1.82) is 5.26 Å². The van der Waals surface area contributed by atoms with Gasteiger partial charge in [-0.1, -0.05) is 29.8 Å². The molecule has 0 radical (unpaired) electrons. The maximum atomic E-state index is 12.6. The highest BCUT2D eigenvalue weighted by atomic mass is 16.3. The van der Waals surface area contributed by atoms with Crippen LogP contribution in [0.4, 0.5) is 0 Å². The molecule has 1 heterocycles. The Labute approximate surface area is 197 Å². The van der Waals surface area contributed by atoms with Gasteiger partial charge in [0, 0.05) is 31.3 Å². The summed E-state index contributed by atoms with van der Waals surface area (Å²) >= 11 is 0. The molecule has 0 aromatic heterocycles. The average molecular weight is 444 g/mol. The highest BCUT2D eigenvalue weighted by Crippen LogP contribution is 2.54. The third-order valence-electron chi connectivity index (χ3n) is 6.91. The fraction of sp³-hybridized carbons (Fsp3) is 0.393. The highest BCUT2D eigenvalue weighted by molar-refractivity contribution is 5.97. The first-order valence-electron chi connectivity index (χ1n) is 11.3. The lowest BCUT2D eigenvalue weighted by molar-refractivity contribution is -0.0664. The molecule has 5 heteroatoms. The molecular weight excluding hydrogens is 410 g/mol. The second-order valence-corrected chi connectivity index (χ2v) is 9.45. The summed E-state index contributed by atoms with van der Waals surface area (Å²) in [5.74, 6) is 0.419. The second-order valence-electron chi connectivity index (χ2n) is 9.45. The third kappa shape index (κ3) is 5.51. The van der Waals surface area contributed by atoms with Gasteiger partial charge < -0.3 is 10.0 Å². The van der Waals surface area contributed by atoms with Gasteiger partial charge in [0.15, 0.2) is 0 Å². The molecule has 1 amide bonds. The Kier molecular flexibility index (Phi) is 7.38. The van der Waals surface area contributed by atoms with E-state index in [1.165, 1.54) is 34.9 Å². The molecule has 2 aromatic rings. The maximum Gasteiger partial charge on any atom is 0.255 e. The van der Waals surface area contributed by atoms with E-state index < -0.39 is 0 Å². The van der Waals surface area contributed by atoms with Gasteiger partial charge in [-0.3, -0.25) is 9.79 Å². The summed E-state index contributed by atoms with van der Waals surface area (Å²) in [6, 6.07) is 14.7. The quantitative estimate of drug-likeness (QED) is 0.640. The molecule has 1 N–H and O–H groups in total. The number of carbonyl (C=O) groups is 1. The van der Waals surface area contributed by atoms with Crippen LogP contribution in [0.15, 0.2) is 59.1 Å². The van der Waals surface area contributed by atoms with Gasteiger partial charge in [-0.2, -0.15) is 5.26 Å². The van der Waals surface area contributed by atoms with Crippen molar-refractivity contribution in [2.24, 2.45) is 16.3 Å². The summed E-state index contributed by atoms with van der Waals surface area (Å²) in [6.07, 6.45) is 4.34. The van der Waals surface area contributed by atoms with Crippen LogP contribution in [0.1, 0.15) is 53.7 Å². The zero-order valence-electron chi connectivity index (χ0n) is 20.2. The normalized spacial score (nSPS) is 17.4. The number of amides is 1. The number of hydrogen-bond acceptors (Lipinski definition) is 4. The maximum absolute atomic E-state index is 12.6. The number of hydrogen-bond donors (Lipinski definition) is 1. The largest absolute Gasteiger partial charge is 0.508 e. The third-order valence-corrected chi connectivity index (χ3v) is 6.91. The Morgan fingerprint density at radius 2 is 1.76 bits per heavy atom. The first-order valence-corrected chi connectivity index (χ1v) is 11.3.